The van der Waals surface area contributed by atoms with E-state index >= 15 is 0 Å². The lowest BCUT2D eigenvalue weighted by molar-refractivity contribution is -0.133. The van der Waals surface area contributed by atoms with Gasteiger partial charge in [0.15, 0.2) is 0 Å². The van der Waals surface area contributed by atoms with E-state index in [1.54, 1.807) is 21.6 Å². The first-order valence-electron chi connectivity index (χ1n) is 7.19. The first-order chi connectivity index (χ1) is 10.0. The minimum atomic E-state index is -0.416. The summed E-state index contributed by atoms with van der Waals surface area (Å²) in [6.07, 6.45) is 0. The van der Waals surface area contributed by atoms with Crippen LogP contribution in [-0.4, -0.2) is 38.6 Å². The zero-order valence-electron chi connectivity index (χ0n) is 12.7. The molecule has 6 nitrogen and oxygen atoms in total. The quantitative estimate of drug-likeness (QED) is 0.818. The number of aromatic nitrogens is 2. The van der Waals surface area contributed by atoms with Crippen molar-refractivity contribution in [2.75, 3.05) is 18.8 Å². The molecule has 114 valence electrons. The summed E-state index contributed by atoms with van der Waals surface area (Å²) in [4.78, 5) is 18.7. The zero-order chi connectivity index (χ0) is 15.6. The summed E-state index contributed by atoms with van der Waals surface area (Å²) in [5, 5.41) is 9.53. The molecule has 1 aromatic carbocycles. The summed E-state index contributed by atoms with van der Waals surface area (Å²) in [5.74, 6) is 0.495. The maximum Gasteiger partial charge on any atom is 0.245 e. The highest BCUT2D eigenvalue weighted by Crippen LogP contribution is 2.24. The van der Waals surface area contributed by atoms with Gasteiger partial charge >= 0.3 is 0 Å². The fourth-order valence-electron chi connectivity index (χ4n) is 2.62. The standard InChI is InChI=1S/C15H22N4O2/c1-4-18(5-2)15(21)10(3)19-13-7-6-11(16)8-12(13)17-14(19)9-20/h6-8,10,20H,4-5,9,16H2,1-3H3. The molecule has 0 saturated carbocycles. The van der Waals surface area contributed by atoms with E-state index in [0.717, 1.165) is 5.52 Å². The number of amides is 1. The number of carbonyl (C=O) groups is 1. The van der Waals surface area contributed by atoms with Gasteiger partial charge in [-0.1, -0.05) is 0 Å². The number of likely N-dealkylation sites (N-methyl/N-ethyl adjacent to an activating group) is 1. The fraction of sp³-hybridized carbons (Fsp3) is 0.467. The smallest absolute Gasteiger partial charge is 0.245 e. The van der Waals surface area contributed by atoms with Crippen LogP contribution in [-0.2, 0) is 11.4 Å². The minimum Gasteiger partial charge on any atom is -0.399 e. The third-order valence-corrected chi connectivity index (χ3v) is 3.75. The first-order valence-corrected chi connectivity index (χ1v) is 7.19. The molecule has 1 aromatic heterocycles. The molecule has 1 heterocycles. The molecule has 0 aliphatic carbocycles. The Morgan fingerprint density at radius 1 is 1.43 bits per heavy atom. The molecular formula is C15H22N4O2. The number of hydrogen-bond donors (Lipinski definition) is 2. The van der Waals surface area contributed by atoms with Crippen molar-refractivity contribution in [2.24, 2.45) is 0 Å². The third-order valence-electron chi connectivity index (χ3n) is 3.75. The number of carbonyl (C=O) groups excluding carboxylic acids is 1. The lowest BCUT2D eigenvalue weighted by Crippen LogP contribution is -2.36. The van der Waals surface area contributed by atoms with Gasteiger partial charge in [-0.2, -0.15) is 0 Å². The molecule has 0 aliphatic heterocycles. The number of aliphatic hydroxyl groups is 1. The van der Waals surface area contributed by atoms with Crippen LogP contribution >= 0.6 is 0 Å². The largest absolute Gasteiger partial charge is 0.399 e. The number of nitrogen functional groups attached to an aromatic ring is 1. The molecule has 0 saturated heterocycles. The van der Waals surface area contributed by atoms with E-state index in [1.165, 1.54) is 0 Å². The molecule has 0 fully saturated rings. The van der Waals surface area contributed by atoms with Gasteiger partial charge in [0.2, 0.25) is 5.91 Å². The molecule has 0 radical (unpaired) electrons. The van der Waals surface area contributed by atoms with Gasteiger partial charge in [-0.25, -0.2) is 4.98 Å². The van der Waals surface area contributed by atoms with Crippen LogP contribution < -0.4 is 5.73 Å². The fourth-order valence-corrected chi connectivity index (χ4v) is 2.62. The molecular weight excluding hydrogens is 268 g/mol. The summed E-state index contributed by atoms with van der Waals surface area (Å²) in [6, 6.07) is 4.94. The SMILES string of the molecule is CCN(CC)C(=O)C(C)n1c(CO)nc2cc(N)ccc21. The van der Waals surface area contributed by atoms with E-state index in [-0.39, 0.29) is 12.5 Å². The Bertz CT molecular complexity index is 646. The highest BCUT2D eigenvalue weighted by Gasteiger charge is 2.24. The van der Waals surface area contributed by atoms with E-state index in [4.69, 9.17) is 5.73 Å². The highest BCUT2D eigenvalue weighted by atomic mass is 16.3. The molecule has 2 rings (SSSR count). The highest BCUT2D eigenvalue weighted by molar-refractivity contribution is 5.85. The van der Waals surface area contributed by atoms with Crippen molar-refractivity contribution in [2.45, 2.75) is 33.4 Å². The summed E-state index contributed by atoms with van der Waals surface area (Å²) in [5.41, 5.74) is 7.87. The molecule has 1 atom stereocenters. The van der Waals surface area contributed by atoms with Crippen LogP contribution in [0.25, 0.3) is 11.0 Å². The normalized spacial score (nSPS) is 12.6. The second-order valence-electron chi connectivity index (χ2n) is 4.99. The van der Waals surface area contributed by atoms with Gasteiger partial charge in [-0.15, -0.1) is 0 Å². The van der Waals surface area contributed by atoms with E-state index in [1.807, 2.05) is 26.8 Å². The topological polar surface area (TPSA) is 84.4 Å². The molecule has 21 heavy (non-hydrogen) atoms. The molecule has 1 amide bonds. The first kappa shape index (κ1) is 15.3. The second kappa shape index (κ2) is 6.13. The Labute approximate surface area is 124 Å². The van der Waals surface area contributed by atoms with Crippen LogP contribution in [0, 0.1) is 0 Å². The average Bonchev–Trinajstić information content (AvgIpc) is 2.84. The lowest BCUT2D eigenvalue weighted by atomic mass is 10.2. The number of imidazole rings is 1. The van der Waals surface area contributed by atoms with Gasteiger partial charge in [-0.3, -0.25) is 4.79 Å². The van der Waals surface area contributed by atoms with E-state index in [0.29, 0.717) is 30.1 Å². The van der Waals surface area contributed by atoms with Gasteiger partial charge in [-0.05, 0) is 39.0 Å². The average molecular weight is 290 g/mol. The van der Waals surface area contributed by atoms with Gasteiger partial charge in [0, 0.05) is 18.8 Å². The number of rotatable bonds is 5. The number of benzene rings is 1. The summed E-state index contributed by atoms with van der Waals surface area (Å²) < 4.78 is 1.79. The van der Waals surface area contributed by atoms with Gasteiger partial charge in [0.25, 0.3) is 0 Å². The predicted octanol–water partition coefficient (Wildman–Crippen LogP) is 1.54. The Hall–Kier alpha value is -2.08. The van der Waals surface area contributed by atoms with Crippen LogP contribution in [0.15, 0.2) is 18.2 Å². The Morgan fingerprint density at radius 2 is 2.10 bits per heavy atom. The van der Waals surface area contributed by atoms with Crippen molar-refractivity contribution in [3.8, 4) is 0 Å². The molecule has 2 aromatic rings. The monoisotopic (exact) mass is 290 g/mol. The van der Waals surface area contributed by atoms with Crippen molar-refractivity contribution in [1.29, 1.82) is 0 Å². The van der Waals surface area contributed by atoms with Crippen molar-refractivity contribution >= 4 is 22.6 Å². The van der Waals surface area contributed by atoms with Crippen molar-refractivity contribution in [3.63, 3.8) is 0 Å². The number of hydrogen-bond acceptors (Lipinski definition) is 4. The zero-order valence-corrected chi connectivity index (χ0v) is 12.7. The van der Waals surface area contributed by atoms with E-state index in [2.05, 4.69) is 4.98 Å². The number of nitrogens with two attached hydrogens (primary N) is 1. The van der Waals surface area contributed by atoms with Gasteiger partial charge < -0.3 is 20.3 Å². The molecule has 1 unspecified atom stereocenters. The number of anilines is 1. The Morgan fingerprint density at radius 3 is 2.67 bits per heavy atom. The molecule has 0 bridgehead atoms. The van der Waals surface area contributed by atoms with E-state index in [9.17, 15) is 9.90 Å². The minimum absolute atomic E-state index is 0.0193. The van der Waals surface area contributed by atoms with Gasteiger partial charge in [0.05, 0.1) is 11.0 Å². The molecule has 0 aliphatic rings. The van der Waals surface area contributed by atoms with E-state index < -0.39 is 6.04 Å². The molecule has 3 N–H and O–H groups in total. The predicted molar refractivity (Wildman–Crippen MR) is 82.7 cm³/mol. The second-order valence-corrected chi connectivity index (χ2v) is 4.99. The van der Waals surface area contributed by atoms with Crippen LogP contribution in [0.1, 0.15) is 32.6 Å². The van der Waals surface area contributed by atoms with Crippen LogP contribution in [0.2, 0.25) is 0 Å². The maximum atomic E-state index is 12.6. The van der Waals surface area contributed by atoms with Crippen LogP contribution in [0.4, 0.5) is 5.69 Å². The number of aliphatic hydroxyl groups excluding tert-OH is 1. The number of nitrogens with zero attached hydrogens (tertiary/aromatic N) is 3. The maximum absolute atomic E-state index is 12.6. The summed E-state index contributed by atoms with van der Waals surface area (Å²) in [7, 11) is 0. The summed E-state index contributed by atoms with van der Waals surface area (Å²) in [6.45, 7) is 6.84. The molecule has 6 heteroatoms. The van der Waals surface area contributed by atoms with Crippen molar-refractivity contribution in [1.82, 2.24) is 14.5 Å². The Kier molecular flexibility index (Phi) is 4.47. The van der Waals surface area contributed by atoms with Crippen molar-refractivity contribution < 1.29 is 9.90 Å². The lowest BCUT2D eigenvalue weighted by Gasteiger charge is -2.25. The number of fused-ring (bicyclic) bond motifs is 1. The van der Waals surface area contributed by atoms with Gasteiger partial charge in [0.1, 0.15) is 18.5 Å². The third kappa shape index (κ3) is 2.71. The van der Waals surface area contributed by atoms with Crippen LogP contribution in [0.3, 0.4) is 0 Å². The Balaban J connectivity index is 2.51. The summed E-state index contributed by atoms with van der Waals surface area (Å²) >= 11 is 0. The van der Waals surface area contributed by atoms with Crippen LogP contribution in [0.5, 0.6) is 0 Å². The molecule has 0 spiro atoms. The van der Waals surface area contributed by atoms with Crippen molar-refractivity contribution in [3.05, 3.63) is 24.0 Å².